The van der Waals surface area contributed by atoms with E-state index in [1.165, 1.54) is 12.1 Å². The molecule has 0 unspecified atom stereocenters. The molecule has 2 aromatic carbocycles. The molecule has 0 aromatic heterocycles. The Hall–Kier alpha value is -1.65. The van der Waals surface area contributed by atoms with Gasteiger partial charge in [0.1, 0.15) is 5.82 Å². The monoisotopic (exact) mass is 309 g/mol. The van der Waals surface area contributed by atoms with Crippen LogP contribution in [0.4, 0.5) is 4.39 Å². The van der Waals surface area contributed by atoms with Crippen molar-refractivity contribution in [2.75, 3.05) is 25.6 Å². The molecule has 0 atom stereocenters. The molecule has 0 aliphatic carbocycles. The molecular weight excluding hydrogens is 293 g/mol. The Morgan fingerprint density at radius 2 is 1.90 bits per heavy atom. The quantitative estimate of drug-likeness (QED) is 0.629. The number of hydrogen-bond donors (Lipinski definition) is 1. The maximum Gasteiger partial charge on any atom is 0.251 e. The van der Waals surface area contributed by atoms with Crippen LogP contribution in [0.3, 0.4) is 0 Å². The minimum atomic E-state index is -0.323. The number of nitrogens with one attached hydrogen (secondary N) is 1. The van der Waals surface area contributed by atoms with Gasteiger partial charge in [0.15, 0.2) is 0 Å². The Morgan fingerprint density at radius 3 is 2.67 bits per heavy atom. The maximum atomic E-state index is 13.7. The van der Waals surface area contributed by atoms with Gasteiger partial charge in [0.2, 0.25) is 0 Å². The van der Waals surface area contributed by atoms with Crippen LogP contribution < -0.4 is 5.32 Å². The number of ether oxygens (including phenoxy) is 1. The standard InChI is InChI=1S/C16H17ClFNO2/c17-8-11-21-10-3-9-19-16(20)14-6-7-15(18)13-5-2-1-4-12(13)14/h1-2,4-7H,3,8-11H2,(H,19,20). The third kappa shape index (κ3) is 4.16. The number of rotatable bonds is 7. The Kier molecular flexibility index (Phi) is 5.96. The van der Waals surface area contributed by atoms with Gasteiger partial charge in [-0.1, -0.05) is 24.3 Å². The summed E-state index contributed by atoms with van der Waals surface area (Å²) >= 11 is 5.49. The Morgan fingerprint density at radius 1 is 1.14 bits per heavy atom. The van der Waals surface area contributed by atoms with Crippen molar-refractivity contribution in [2.24, 2.45) is 0 Å². The van der Waals surface area contributed by atoms with Gasteiger partial charge >= 0.3 is 0 Å². The fourth-order valence-electron chi connectivity index (χ4n) is 2.09. The second kappa shape index (κ2) is 7.96. The second-order valence-corrected chi connectivity index (χ2v) is 4.93. The van der Waals surface area contributed by atoms with Crippen molar-refractivity contribution >= 4 is 28.3 Å². The van der Waals surface area contributed by atoms with Crippen molar-refractivity contribution in [3.63, 3.8) is 0 Å². The van der Waals surface area contributed by atoms with Crippen molar-refractivity contribution in [1.29, 1.82) is 0 Å². The number of halogens is 2. The average molecular weight is 310 g/mol. The number of carbonyl (C=O) groups excluding carboxylic acids is 1. The van der Waals surface area contributed by atoms with Crippen LogP contribution in [-0.4, -0.2) is 31.5 Å². The van der Waals surface area contributed by atoms with Crippen LogP contribution in [-0.2, 0) is 4.74 Å². The summed E-state index contributed by atoms with van der Waals surface area (Å²) in [6.45, 7) is 1.57. The second-order valence-electron chi connectivity index (χ2n) is 4.55. The highest BCUT2D eigenvalue weighted by atomic mass is 35.5. The molecule has 0 radical (unpaired) electrons. The van der Waals surface area contributed by atoms with Crippen molar-refractivity contribution < 1.29 is 13.9 Å². The summed E-state index contributed by atoms with van der Waals surface area (Å²) in [5.41, 5.74) is 0.480. The fraction of sp³-hybridized carbons (Fsp3) is 0.312. The highest BCUT2D eigenvalue weighted by molar-refractivity contribution is 6.17. The van der Waals surface area contributed by atoms with E-state index >= 15 is 0 Å². The number of alkyl halides is 1. The molecule has 0 fully saturated rings. The van der Waals surface area contributed by atoms with Gasteiger partial charge in [0.25, 0.3) is 5.91 Å². The summed E-state index contributed by atoms with van der Waals surface area (Å²) in [5.74, 6) is -0.0614. The zero-order chi connectivity index (χ0) is 15.1. The van der Waals surface area contributed by atoms with Crippen molar-refractivity contribution in [1.82, 2.24) is 5.32 Å². The molecule has 0 heterocycles. The van der Waals surface area contributed by atoms with Crippen LogP contribution in [0.25, 0.3) is 10.8 Å². The van der Waals surface area contributed by atoms with Gasteiger partial charge in [0, 0.05) is 30.0 Å². The molecule has 1 N–H and O–H groups in total. The molecule has 2 rings (SSSR count). The zero-order valence-electron chi connectivity index (χ0n) is 11.6. The topological polar surface area (TPSA) is 38.3 Å². The Balaban J connectivity index is 1.98. The fourth-order valence-corrected chi connectivity index (χ4v) is 2.20. The summed E-state index contributed by atoms with van der Waals surface area (Å²) in [7, 11) is 0. The summed E-state index contributed by atoms with van der Waals surface area (Å²) in [6.07, 6.45) is 0.710. The van der Waals surface area contributed by atoms with Gasteiger partial charge in [-0.05, 0) is 23.9 Å². The lowest BCUT2D eigenvalue weighted by Crippen LogP contribution is -2.25. The predicted molar refractivity (Wildman–Crippen MR) is 82.4 cm³/mol. The average Bonchev–Trinajstić information content (AvgIpc) is 2.51. The van der Waals surface area contributed by atoms with Crippen LogP contribution in [0.5, 0.6) is 0 Å². The maximum absolute atomic E-state index is 13.7. The first kappa shape index (κ1) is 15.7. The van der Waals surface area contributed by atoms with Crippen LogP contribution in [0.2, 0.25) is 0 Å². The Bertz CT molecular complexity index is 618. The van der Waals surface area contributed by atoms with Crippen LogP contribution >= 0.6 is 11.6 Å². The number of hydrogen-bond acceptors (Lipinski definition) is 2. The smallest absolute Gasteiger partial charge is 0.251 e. The minimum Gasteiger partial charge on any atom is -0.380 e. The van der Waals surface area contributed by atoms with Gasteiger partial charge in [-0.25, -0.2) is 4.39 Å². The summed E-state index contributed by atoms with van der Waals surface area (Å²) in [5, 5.41) is 3.89. The van der Waals surface area contributed by atoms with Crippen LogP contribution in [0, 0.1) is 5.82 Å². The number of amides is 1. The van der Waals surface area contributed by atoms with Gasteiger partial charge in [-0.15, -0.1) is 11.6 Å². The molecule has 0 saturated heterocycles. The van der Waals surface area contributed by atoms with Crippen molar-refractivity contribution in [3.05, 3.63) is 47.8 Å². The van der Waals surface area contributed by atoms with Crippen molar-refractivity contribution in [3.8, 4) is 0 Å². The highest BCUT2D eigenvalue weighted by Crippen LogP contribution is 2.21. The molecular formula is C16H17ClFNO2. The van der Waals surface area contributed by atoms with E-state index in [0.29, 0.717) is 48.4 Å². The third-order valence-electron chi connectivity index (χ3n) is 3.09. The molecule has 0 bridgehead atoms. The van der Waals surface area contributed by atoms with E-state index in [1.54, 1.807) is 24.3 Å². The first-order valence-corrected chi connectivity index (χ1v) is 7.36. The van der Waals surface area contributed by atoms with E-state index in [-0.39, 0.29) is 11.7 Å². The SMILES string of the molecule is O=C(NCCCOCCCl)c1ccc(F)c2ccccc12. The lowest BCUT2D eigenvalue weighted by molar-refractivity contribution is 0.0946. The molecule has 0 aliphatic rings. The molecule has 21 heavy (non-hydrogen) atoms. The molecule has 5 heteroatoms. The predicted octanol–water partition coefficient (Wildman–Crippen LogP) is 3.35. The summed E-state index contributed by atoms with van der Waals surface area (Å²) in [6, 6.07) is 9.79. The van der Waals surface area contributed by atoms with Crippen LogP contribution in [0.1, 0.15) is 16.8 Å². The first-order chi connectivity index (χ1) is 10.2. The van der Waals surface area contributed by atoms with E-state index in [9.17, 15) is 9.18 Å². The number of carbonyl (C=O) groups is 1. The van der Waals surface area contributed by atoms with E-state index in [2.05, 4.69) is 5.32 Å². The van der Waals surface area contributed by atoms with Crippen LogP contribution in [0.15, 0.2) is 36.4 Å². The molecule has 2 aromatic rings. The van der Waals surface area contributed by atoms with E-state index in [1.807, 2.05) is 0 Å². The molecule has 0 saturated carbocycles. The van der Waals surface area contributed by atoms with Gasteiger partial charge in [-0.3, -0.25) is 4.79 Å². The molecule has 0 aliphatic heterocycles. The lowest BCUT2D eigenvalue weighted by Gasteiger charge is -2.09. The van der Waals surface area contributed by atoms with Gasteiger partial charge in [-0.2, -0.15) is 0 Å². The Labute approximate surface area is 128 Å². The number of fused-ring (bicyclic) bond motifs is 1. The van der Waals surface area contributed by atoms with E-state index < -0.39 is 0 Å². The molecule has 1 amide bonds. The minimum absolute atomic E-state index is 0.205. The van der Waals surface area contributed by atoms with Gasteiger partial charge in [0.05, 0.1) is 6.61 Å². The zero-order valence-corrected chi connectivity index (χ0v) is 12.3. The molecule has 3 nitrogen and oxygen atoms in total. The largest absolute Gasteiger partial charge is 0.380 e. The van der Waals surface area contributed by atoms with Gasteiger partial charge < -0.3 is 10.1 Å². The summed E-state index contributed by atoms with van der Waals surface area (Å²) < 4.78 is 18.9. The van der Waals surface area contributed by atoms with Crippen molar-refractivity contribution in [2.45, 2.75) is 6.42 Å². The normalized spacial score (nSPS) is 10.8. The molecule has 112 valence electrons. The van der Waals surface area contributed by atoms with E-state index in [0.717, 1.165) is 0 Å². The number of benzene rings is 2. The molecule has 0 spiro atoms. The summed E-state index contributed by atoms with van der Waals surface area (Å²) in [4.78, 5) is 12.2. The van der Waals surface area contributed by atoms with E-state index in [4.69, 9.17) is 16.3 Å². The highest BCUT2D eigenvalue weighted by Gasteiger charge is 2.11. The first-order valence-electron chi connectivity index (χ1n) is 6.83. The lowest BCUT2D eigenvalue weighted by atomic mass is 10.0. The third-order valence-corrected chi connectivity index (χ3v) is 3.24.